The number of benzene rings is 1. The molecule has 1 aromatic carbocycles. The summed E-state index contributed by atoms with van der Waals surface area (Å²) in [6.45, 7) is 3.49. The molecule has 1 aliphatic carbocycles. The highest BCUT2D eigenvalue weighted by atomic mass is 32.2. The fourth-order valence-electron chi connectivity index (χ4n) is 2.99. The lowest BCUT2D eigenvalue weighted by molar-refractivity contribution is -0.120. The predicted molar refractivity (Wildman–Crippen MR) is 92.9 cm³/mol. The van der Waals surface area contributed by atoms with Gasteiger partial charge in [0.25, 0.3) is 10.0 Å². The van der Waals surface area contributed by atoms with Crippen LogP contribution in [0.25, 0.3) is 0 Å². The number of hydrogen-bond donors (Lipinski definition) is 1. The summed E-state index contributed by atoms with van der Waals surface area (Å²) in [5.74, 6) is -0.162. The minimum Gasteiger partial charge on any atom is -0.496 e. The second-order valence-electron chi connectivity index (χ2n) is 6.22. The number of pyridine rings is 1. The molecule has 0 radical (unpaired) electrons. The van der Waals surface area contributed by atoms with Gasteiger partial charge in [0.15, 0.2) is 0 Å². The summed E-state index contributed by atoms with van der Waals surface area (Å²) in [4.78, 5) is 16.5. The van der Waals surface area contributed by atoms with Crippen LogP contribution in [0.5, 0.6) is 5.75 Å². The zero-order chi connectivity index (χ0) is 18.2. The molecule has 0 unspecified atom stereocenters. The molecule has 3 rings (SSSR count). The third kappa shape index (κ3) is 3.37. The number of methoxy groups -OCH3 is 1. The molecule has 2 aromatic rings. The molecule has 0 bridgehead atoms. The molecule has 1 N–H and O–H groups in total. The van der Waals surface area contributed by atoms with Crippen molar-refractivity contribution in [2.24, 2.45) is 5.92 Å². The van der Waals surface area contributed by atoms with E-state index in [4.69, 9.17) is 4.74 Å². The second-order valence-corrected chi connectivity index (χ2v) is 7.87. The summed E-state index contributed by atoms with van der Waals surface area (Å²) in [5, 5.41) is 0. The molecule has 2 atom stereocenters. The SMILES string of the molecule is COc1ccc(S(=O)(=O)NC(=O)[C@@H]2C[C@H]2c2cccnc2)c(C)c1C. The topological polar surface area (TPSA) is 85.4 Å². The Morgan fingerprint density at radius 3 is 2.64 bits per heavy atom. The van der Waals surface area contributed by atoms with Gasteiger partial charge in [-0.2, -0.15) is 0 Å². The number of sulfonamides is 1. The minimum atomic E-state index is -3.92. The smallest absolute Gasteiger partial charge is 0.264 e. The fraction of sp³-hybridized carbons (Fsp3) is 0.333. The van der Waals surface area contributed by atoms with Gasteiger partial charge in [-0.25, -0.2) is 13.1 Å². The maximum atomic E-state index is 12.6. The molecule has 0 saturated heterocycles. The van der Waals surface area contributed by atoms with Crippen LogP contribution in [-0.4, -0.2) is 26.4 Å². The van der Waals surface area contributed by atoms with E-state index in [1.165, 1.54) is 13.2 Å². The van der Waals surface area contributed by atoms with Gasteiger partial charge in [-0.05, 0) is 61.1 Å². The third-order valence-electron chi connectivity index (χ3n) is 4.67. The number of hydrogen-bond acceptors (Lipinski definition) is 5. The second kappa shape index (κ2) is 6.48. The number of nitrogens with one attached hydrogen (secondary N) is 1. The quantitative estimate of drug-likeness (QED) is 0.884. The Balaban J connectivity index is 1.77. The number of amides is 1. The largest absolute Gasteiger partial charge is 0.496 e. The molecule has 0 aliphatic heterocycles. The van der Waals surface area contributed by atoms with Crippen molar-refractivity contribution < 1.29 is 17.9 Å². The van der Waals surface area contributed by atoms with Crippen LogP contribution in [0, 0.1) is 19.8 Å². The summed E-state index contributed by atoms with van der Waals surface area (Å²) in [6, 6.07) is 6.76. The van der Waals surface area contributed by atoms with Crippen LogP contribution in [0.15, 0.2) is 41.6 Å². The first-order valence-corrected chi connectivity index (χ1v) is 9.44. The Labute approximate surface area is 147 Å². The monoisotopic (exact) mass is 360 g/mol. The number of nitrogens with zero attached hydrogens (tertiary/aromatic N) is 1. The first-order valence-electron chi connectivity index (χ1n) is 7.96. The van der Waals surface area contributed by atoms with Crippen molar-refractivity contribution in [3.05, 3.63) is 53.3 Å². The molecule has 1 aromatic heterocycles. The molecule has 25 heavy (non-hydrogen) atoms. The van der Waals surface area contributed by atoms with Crippen molar-refractivity contribution in [1.82, 2.24) is 9.71 Å². The normalized spacial score (nSPS) is 19.3. The first kappa shape index (κ1) is 17.4. The Morgan fingerprint density at radius 2 is 2.00 bits per heavy atom. The highest BCUT2D eigenvalue weighted by Crippen LogP contribution is 2.47. The zero-order valence-electron chi connectivity index (χ0n) is 14.3. The number of aromatic nitrogens is 1. The van der Waals surface area contributed by atoms with Gasteiger partial charge in [-0.3, -0.25) is 9.78 Å². The van der Waals surface area contributed by atoms with Crippen LogP contribution in [0.2, 0.25) is 0 Å². The van der Waals surface area contributed by atoms with Crippen LogP contribution in [0.3, 0.4) is 0 Å². The van der Waals surface area contributed by atoms with Crippen molar-refractivity contribution >= 4 is 15.9 Å². The molecule has 1 saturated carbocycles. The summed E-state index contributed by atoms with van der Waals surface area (Å²) in [5.41, 5.74) is 2.26. The van der Waals surface area contributed by atoms with E-state index in [-0.39, 0.29) is 16.7 Å². The molecular weight excluding hydrogens is 340 g/mol. The molecule has 132 valence electrons. The maximum Gasteiger partial charge on any atom is 0.264 e. The summed E-state index contributed by atoms with van der Waals surface area (Å²) < 4.78 is 32.6. The van der Waals surface area contributed by atoms with Crippen LogP contribution in [0.1, 0.15) is 29.0 Å². The van der Waals surface area contributed by atoms with Crippen LogP contribution in [0.4, 0.5) is 0 Å². The van der Waals surface area contributed by atoms with E-state index in [2.05, 4.69) is 9.71 Å². The molecule has 1 amide bonds. The molecule has 7 heteroatoms. The lowest BCUT2D eigenvalue weighted by atomic mass is 10.1. The molecule has 6 nitrogen and oxygen atoms in total. The van der Waals surface area contributed by atoms with Crippen molar-refractivity contribution in [2.75, 3.05) is 7.11 Å². The standard InChI is InChI=1S/C18H20N2O4S/c1-11-12(2)17(7-6-16(11)24-3)25(22,23)20-18(21)15-9-14(15)13-5-4-8-19-10-13/h4-8,10,14-15H,9H2,1-3H3,(H,20,21)/t14-,15+/m0/s1. The van der Waals surface area contributed by atoms with E-state index < -0.39 is 15.9 Å². The van der Waals surface area contributed by atoms with Gasteiger partial charge in [0.05, 0.1) is 12.0 Å². The van der Waals surface area contributed by atoms with Gasteiger partial charge in [0.1, 0.15) is 5.75 Å². The third-order valence-corrected chi connectivity index (χ3v) is 6.16. The average molecular weight is 360 g/mol. The Hall–Kier alpha value is -2.41. The Kier molecular flexibility index (Phi) is 4.51. The van der Waals surface area contributed by atoms with Gasteiger partial charge in [-0.1, -0.05) is 6.07 Å². The number of carbonyl (C=O) groups is 1. The van der Waals surface area contributed by atoms with Gasteiger partial charge in [0, 0.05) is 18.3 Å². The first-order chi connectivity index (χ1) is 11.8. The maximum absolute atomic E-state index is 12.6. The van der Waals surface area contributed by atoms with E-state index in [9.17, 15) is 13.2 Å². The van der Waals surface area contributed by atoms with E-state index in [1.54, 1.807) is 32.3 Å². The van der Waals surface area contributed by atoms with Crippen molar-refractivity contribution in [2.45, 2.75) is 31.1 Å². The highest BCUT2D eigenvalue weighted by molar-refractivity contribution is 7.90. The average Bonchev–Trinajstić information content (AvgIpc) is 3.38. The van der Waals surface area contributed by atoms with E-state index in [1.807, 2.05) is 12.1 Å². The van der Waals surface area contributed by atoms with Crippen molar-refractivity contribution in [3.8, 4) is 5.75 Å². The fourth-order valence-corrected chi connectivity index (χ4v) is 4.32. The number of rotatable bonds is 5. The summed E-state index contributed by atoms with van der Waals surface area (Å²) in [6.07, 6.45) is 4.01. The number of ether oxygens (including phenoxy) is 1. The number of carbonyl (C=O) groups excluding carboxylic acids is 1. The van der Waals surface area contributed by atoms with Crippen molar-refractivity contribution in [3.63, 3.8) is 0 Å². The Bertz CT molecular complexity index is 910. The van der Waals surface area contributed by atoms with E-state index in [0.29, 0.717) is 17.7 Å². The van der Waals surface area contributed by atoms with Crippen molar-refractivity contribution in [1.29, 1.82) is 0 Å². The molecule has 1 aliphatic rings. The van der Waals surface area contributed by atoms with E-state index >= 15 is 0 Å². The highest BCUT2D eigenvalue weighted by Gasteiger charge is 2.45. The lowest BCUT2D eigenvalue weighted by Crippen LogP contribution is -2.32. The lowest BCUT2D eigenvalue weighted by Gasteiger charge is -2.13. The summed E-state index contributed by atoms with van der Waals surface area (Å²) in [7, 11) is -2.39. The Morgan fingerprint density at radius 1 is 1.24 bits per heavy atom. The molecule has 1 fully saturated rings. The van der Waals surface area contributed by atoms with Crippen LogP contribution in [-0.2, 0) is 14.8 Å². The summed E-state index contributed by atoms with van der Waals surface area (Å²) >= 11 is 0. The molecule has 0 spiro atoms. The molecule has 1 heterocycles. The van der Waals surface area contributed by atoms with E-state index in [0.717, 1.165) is 11.1 Å². The van der Waals surface area contributed by atoms with Gasteiger partial charge in [0.2, 0.25) is 5.91 Å². The predicted octanol–water partition coefficient (Wildman–Crippen LogP) is 2.32. The van der Waals surface area contributed by atoms with Gasteiger partial charge in [-0.15, -0.1) is 0 Å². The van der Waals surface area contributed by atoms with Crippen LogP contribution < -0.4 is 9.46 Å². The zero-order valence-corrected chi connectivity index (χ0v) is 15.1. The van der Waals surface area contributed by atoms with Gasteiger partial charge < -0.3 is 4.74 Å². The minimum absolute atomic E-state index is 0.0302. The van der Waals surface area contributed by atoms with Crippen LogP contribution >= 0.6 is 0 Å². The molecular formula is C18H20N2O4S. The van der Waals surface area contributed by atoms with Gasteiger partial charge >= 0.3 is 0 Å².